The molecule has 0 saturated heterocycles. The van der Waals surface area contributed by atoms with Crippen LogP contribution >= 0.6 is 11.6 Å². The van der Waals surface area contributed by atoms with Crippen molar-refractivity contribution >= 4 is 23.1 Å². The van der Waals surface area contributed by atoms with Crippen molar-refractivity contribution in [3.63, 3.8) is 0 Å². The lowest BCUT2D eigenvalue weighted by Gasteiger charge is -2.05. The maximum absolute atomic E-state index is 13.1. The van der Waals surface area contributed by atoms with Gasteiger partial charge in [-0.2, -0.15) is 4.39 Å². The van der Waals surface area contributed by atoms with E-state index in [1.54, 1.807) is 6.07 Å². The molecule has 1 N–H and O–H groups in total. The molecular weight excluding hydrogens is 236 g/mol. The van der Waals surface area contributed by atoms with E-state index < -0.39 is 11.8 Å². The Morgan fingerprint density at radius 3 is 2.62 bits per heavy atom. The Kier molecular flexibility index (Phi) is 2.96. The number of hydrogen-bond acceptors (Lipinski definition) is 3. The summed E-state index contributed by atoms with van der Waals surface area (Å²) in [5.41, 5.74) is 0.431. The number of hydrogen-bond donors (Lipinski definition) is 1. The van der Waals surface area contributed by atoms with Gasteiger partial charge in [0.2, 0.25) is 5.95 Å². The van der Waals surface area contributed by atoms with Crippen molar-refractivity contribution in [3.05, 3.63) is 47.4 Å². The first-order chi connectivity index (χ1) is 7.65. The number of nitrogens with zero attached hydrogens (tertiary/aromatic N) is 2. The first kappa shape index (κ1) is 10.8. The normalized spacial score (nSPS) is 10.2. The van der Waals surface area contributed by atoms with Gasteiger partial charge < -0.3 is 5.32 Å². The van der Waals surface area contributed by atoms with Gasteiger partial charge >= 0.3 is 0 Å². The highest BCUT2D eigenvalue weighted by Crippen LogP contribution is 2.21. The van der Waals surface area contributed by atoms with Crippen molar-refractivity contribution < 1.29 is 8.78 Å². The van der Waals surface area contributed by atoms with E-state index in [-0.39, 0.29) is 10.8 Å². The number of anilines is 2. The van der Waals surface area contributed by atoms with Crippen LogP contribution in [0.1, 0.15) is 0 Å². The van der Waals surface area contributed by atoms with Crippen molar-refractivity contribution in [2.24, 2.45) is 0 Å². The minimum Gasteiger partial charge on any atom is -0.340 e. The van der Waals surface area contributed by atoms with Crippen molar-refractivity contribution in [2.45, 2.75) is 0 Å². The van der Waals surface area contributed by atoms with Gasteiger partial charge in [-0.1, -0.05) is 11.6 Å². The zero-order chi connectivity index (χ0) is 11.5. The fourth-order valence-electron chi connectivity index (χ4n) is 1.12. The summed E-state index contributed by atoms with van der Waals surface area (Å²) >= 11 is 5.52. The molecule has 16 heavy (non-hydrogen) atoms. The largest absolute Gasteiger partial charge is 0.340 e. The molecule has 0 unspecified atom stereocenters. The summed E-state index contributed by atoms with van der Waals surface area (Å²) in [6, 6.07) is 5.26. The molecule has 2 rings (SSSR count). The summed E-state index contributed by atoms with van der Waals surface area (Å²) in [6.07, 6.45) is 1.07. The second-order valence-electron chi connectivity index (χ2n) is 2.98. The molecule has 6 heteroatoms. The van der Waals surface area contributed by atoms with Crippen molar-refractivity contribution in [3.8, 4) is 0 Å². The minimum absolute atomic E-state index is 0.0272. The first-order valence-electron chi connectivity index (χ1n) is 4.35. The zero-order valence-electron chi connectivity index (χ0n) is 7.92. The first-order valence-corrected chi connectivity index (χ1v) is 4.72. The van der Waals surface area contributed by atoms with Crippen LogP contribution in [0.15, 0.2) is 30.6 Å². The molecule has 1 aromatic heterocycles. The summed E-state index contributed by atoms with van der Waals surface area (Å²) in [7, 11) is 0. The molecule has 0 spiro atoms. The van der Waals surface area contributed by atoms with Gasteiger partial charge in [0.15, 0.2) is 0 Å². The van der Waals surface area contributed by atoms with Crippen LogP contribution in [0.4, 0.5) is 20.3 Å². The Labute approximate surface area is 95.1 Å². The number of aromatic nitrogens is 2. The van der Waals surface area contributed by atoms with E-state index in [2.05, 4.69) is 15.3 Å². The second-order valence-corrected chi connectivity index (χ2v) is 3.39. The van der Waals surface area contributed by atoms with E-state index in [0.29, 0.717) is 5.69 Å². The molecule has 82 valence electrons. The standard InChI is InChI=1S/C10H6ClF2N3/c11-7-2-1-6(3-8(7)12)16-10-4-9(13)14-5-15-10/h1-5H,(H,14,15,16). The average Bonchev–Trinajstić information content (AvgIpc) is 2.24. The smallest absolute Gasteiger partial charge is 0.218 e. The Morgan fingerprint density at radius 1 is 1.12 bits per heavy atom. The highest BCUT2D eigenvalue weighted by Gasteiger charge is 2.02. The van der Waals surface area contributed by atoms with E-state index in [0.717, 1.165) is 12.4 Å². The third-order valence-corrected chi connectivity index (χ3v) is 2.13. The summed E-state index contributed by atoms with van der Waals surface area (Å²) < 4.78 is 25.8. The summed E-state index contributed by atoms with van der Waals surface area (Å²) in [5, 5.41) is 2.75. The van der Waals surface area contributed by atoms with Crippen LogP contribution in [0, 0.1) is 11.8 Å². The van der Waals surface area contributed by atoms with Gasteiger partial charge in [0.25, 0.3) is 0 Å². The molecule has 0 bridgehead atoms. The van der Waals surface area contributed by atoms with Crippen LogP contribution in [0.3, 0.4) is 0 Å². The molecule has 3 nitrogen and oxygen atoms in total. The third kappa shape index (κ3) is 2.43. The summed E-state index contributed by atoms with van der Waals surface area (Å²) in [6.45, 7) is 0. The molecule has 0 atom stereocenters. The fraction of sp³-hybridized carbons (Fsp3) is 0. The van der Waals surface area contributed by atoms with E-state index in [4.69, 9.17) is 11.6 Å². The van der Waals surface area contributed by atoms with Gasteiger partial charge in [0.1, 0.15) is 18.0 Å². The lowest BCUT2D eigenvalue weighted by Crippen LogP contribution is -1.96. The molecule has 0 aliphatic carbocycles. The lowest BCUT2D eigenvalue weighted by molar-refractivity contribution is 0.580. The molecule has 0 amide bonds. The van der Waals surface area contributed by atoms with E-state index >= 15 is 0 Å². The molecule has 1 heterocycles. The van der Waals surface area contributed by atoms with Gasteiger partial charge in [-0.25, -0.2) is 14.4 Å². The van der Waals surface area contributed by atoms with Crippen LogP contribution in [0.2, 0.25) is 5.02 Å². The average molecular weight is 242 g/mol. The summed E-state index contributed by atoms with van der Waals surface area (Å²) in [4.78, 5) is 7.07. The van der Waals surface area contributed by atoms with Crippen LogP contribution in [0.5, 0.6) is 0 Å². The molecule has 1 aromatic carbocycles. The Balaban J connectivity index is 2.24. The monoisotopic (exact) mass is 241 g/mol. The zero-order valence-corrected chi connectivity index (χ0v) is 8.67. The molecule has 0 radical (unpaired) electrons. The molecule has 0 fully saturated rings. The highest BCUT2D eigenvalue weighted by molar-refractivity contribution is 6.30. The lowest BCUT2D eigenvalue weighted by atomic mass is 10.3. The Morgan fingerprint density at radius 2 is 1.94 bits per heavy atom. The van der Waals surface area contributed by atoms with Crippen molar-refractivity contribution in [2.75, 3.05) is 5.32 Å². The Hall–Kier alpha value is -1.75. The molecular formula is C10H6ClF2N3. The quantitative estimate of drug-likeness (QED) is 0.821. The van der Waals surface area contributed by atoms with Crippen LogP contribution < -0.4 is 5.32 Å². The fourth-order valence-corrected chi connectivity index (χ4v) is 1.24. The number of rotatable bonds is 2. The topological polar surface area (TPSA) is 37.8 Å². The van der Waals surface area contributed by atoms with E-state index in [9.17, 15) is 8.78 Å². The minimum atomic E-state index is -0.660. The molecule has 0 aliphatic heterocycles. The predicted molar refractivity (Wildman–Crippen MR) is 56.7 cm³/mol. The third-order valence-electron chi connectivity index (χ3n) is 1.83. The van der Waals surface area contributed by atoms with E-state index in [1.807, 2.05) is 0 Å². The number of halogens is 3. The number of nitrogens with one attached hydrogen (secondary N) is 1. The van der Waals surface area contributed by atoms with Gasteiger partial charge in [0.05, 0.1) is 5.02 Å². The van der Waals surface area contributed by atoms with Crippen LogP contribution in [-0.4, -0.2) is 9.97 Å². The van der Waals surface area contributed by atoms with Crippen molar-refractivity contribution in [1.29, 1.82) is 0 Å². The second kappa shape index (κ2) is 4.40. The predicted octanol–water partition coefficient (Wildman–Crippen LogP) is 3.15. The van der Waals surface area contributed by atoms with Gasteiger partial charge in [-0.05, 0) is 18.2 Å². The number of benzene rings is 1. The van der Waals surface area contributed by atoms with Gasteiger partial charge in [0, 0.05) is 11.8 Å². The van der Waals surface area contributed by atoms with Gasteiger partial charge in [-0.3, -0.25) is 0 Å². The highest BCUT2D eigenvalue weighted by atomic mass is 35.5. The van der Waals surface area contributed by atoms with Gasteiger partial charge in [-0.15, -0.1) is 0 Å². The maximum atomic E-state index is 13.1. The van der Waals surface area contributed by atoms with Crippen LogP contribution in [0.25, 0.3) is 0 Å². The molecule has 0 aliphatic rings. The molecule has 0 saturated carbocycles. The van der Waals surface area contributed by atoms with Crippen molar-refractivity contribution in [1.82, 2.24) is 9.97 Å². The summed E-state index contributed by atoms with van der Waals surface area (Å²) in [5.74, 6) is -0.970. The molecule has 2 aromatic rings. The van der Waals surface area contributed by atoms with Crippen LogP contribution in [-0.2, 0) is 0 Å². The Bertz CT molecular complexity index is 519. The SMILES string of the molecule is Fc1cc(Nc2ccc(Cl)c(F)c2)ncn1. The van der Waals surface area contributed by atoms with E-state index in [1.165, 1.54) is 12.1 Å². The maximum Gasteiger partial charge on any atom is 0.218 e.